The third-order valence-electron chi connectivity index (χ3n) is 2.49. The summed E-state index contributed by atoms with van der Waals surface area (Å²) in [7, 11) is 0. The lowest BCUT2D eigenvalue weighted by atomic mass is 10.3. The molecule has 0 atom stereocenters. The molecule has 4 nitrogen and oxygen atoms in total. The van der Waals surface area contributed by atoms with Crippen LogP contribution >= 0.6 is 15.9 Å². The summed E-state index contributed by atoms with van der Waals surface area (Å²) in [6.45, 7) is 3.74. The van der Waals surface area contributed by atoms with Gasteiger partial charge in [0.15, 0.2) is 0 Å². The molecule has 2 rings (SSSR count). The van der Waals surface area contributed by atoms with Gasteiger partial charge in [0.2, 0.25) is 0 Å². The van der Waals surface area contributed by atoms with Crippen LogP contribution < -0.4 is 5.32 Å². The lowest BCUT2D eigenvalue weighted by molar-refractivity contribution is 0.622. The number of rotatable bonds is 5. The first-order valence-electron chi connectivity index (χ1n) is 5.78. The minimum Gasteiger partial charge on any atom is -0.311 e. The van der Waals surface area contributed by atoms with E-state index in [9.17, 15) is 4.39 Å². The maximum absolute atomic E-state index is 13.1. The molecule has 0 unspecified atom stereocenters. The monoisotopic (exact) mass is 312 g/mol. The van der Waals surface area contributed by atoms with Crippen LogP contribution in [0.2, 0.25) is 0 Å². The summed E-state index contributed by atoms with van der Waals surface area (Å²) in [5.74, 6) is -0.281. The molecule has 0 saturated heterocycles. The molecule has 0 aliphatic carbocycles. The average molecular weight is 313 g/mol. The van der Waals surface area contributed by atoms with Crippen LogP contribution in [0.1, 0.15) is 19.0 Å². The number of aromatic nitrogens is 3. The Balaban J connectivity index is 2.25. The maximum atomic E-state index is 13.1. The minimum atomic E-state index is -0.281. The smallest absolute Gasteiger partial charge is 0.124 e. The van der Waals surface area contributed by atoms with Crippen LogP contribution in [0.5, 0.6) is 0 Å². The molecule has 0 saturated carbocycles. The lowest BCUT2D eigenvalue weighted by Gasteiger charge is -2.08. The van der Waals surface area contributed by atoms with Gasteiger partial charge in [0.1, 0.15) is 5.82 Å². The highest BCUT2D eigenvalue weighted by Crippen LogP contribution is 2.22. The minimum absolute atomic E-state index is 0.281. The highest BCUT2D eigenvalue weighted by molar-refractivity contribution is 9.10. The molecular weight excluding hydrogens is 299 g/mol. The second-order valence-corrected chi connectivity index (χ2v) is 4.76. The SMILES string of the molecule is CCCNCc1cnnn1-c1ccc(F)cc1Br. The molecule has 1 N–H and O–H groups in total. The predicted molar refractivity (Wildman–Crippen MR) is 71.0 cm³/mol. The Morgan fingerprint density at radius 3 is 3.00 bits per heavy atom. The van der Waals surface area contributed by atoms with Crippen molar-refractivity contribution >= 4 is 15.9 Å². The van der Waals surface area contributed by atoms with Crippen LogP contribution in [0, 0.1) is 5.82 Å². The number of hydrogen-bond donors (Lipinski definition) is 1. The summed E-state index contributed by atoms with van der Waals surface area (Å²) in [6, 6.07) is 4.50. The summed E-state index contributed by atoms with van der Waals surface area (Å²) in [4.78, 5) is 0. The Labute approximate surface area is 113 Å². The Hall–Kier alpha value is -1.27. The van der Waals surface area contributed by atoms with Crippen molar-refractivity contribution in [2.45, 2.75) is 19.9 Å². The van der Waals surface area contributed by atoms with Crippen molar-refractivity contribution in [1.29, 1.82) is 0 Å². The molecule has 0 aliphatic rings. The van der Waals surface area contributed by atoms with E-state index in [-0.39, 0.29) is 5.82 Å². The zero-order valence-electron chi connectivity index (χ0n) is 10.0. The van der Waals surface area contributed by atoms with Gasteiger partial charge in [0.05, 0.1) is 17.6 Å². The second-order valence-electron chi connectivity index (χ2n) is 3.91. The summed E-state index contributed by atoms with van der Waals surface area (Å²) in [5, 5.41) is 11.2. The molecule has 0 spiro atoms. The Morgan fingerprint density at radius 1 is 1.44 bits per heavy atom. The number of halogens is 2. The van der Waals surface area contributed by atoms with Gasteiger partial charge in [-0.05, 0) is 47.1 Å². The fourth-order valence-corrected chi connectivity index (χ4v) is 2.14. The molecule has 0 bridgehead atoms. The zero-order valence-corrected chi connectivity index (χ0v) is 11.6. The topological polar surface area (TPSA) is 42.7 Å². The normalized spacial score (nSPS) is 10.8. The first-order chi connectivity index (χ1) is 8.72. The third kappa shape index (κ3) is 2.94. The predicted octanol–water partition coefficient (Wildman–Crippen LogP) is 2.67. The zero-order chi connectivity index (χ0) is 13.0. The van der Waals surface area contributed by atoms with E-state index in [0.717, 1.165) is 24.3 Å². The largest absolute Gasteiger partial charge is 0.311 e. The van der Waals surface area contributed by atoms with Crippen LogP contribution in [-0.2, 0) is 6.54 Å². The molecule has 1 aromatic heterocycles. The molecule has 0 amide bonds. The van der Waals surface area contributed by atoms with Crippen LogP contribution in [0.25, 0.3) is 5.69 Å². The third-order valence-corrected chi connectivity index (χ3v) is 3.13. The Kier molecular flexibility index (Phi) is 4.43. The quantitative estimate of drug-likeness (QED) is 0.863. The second kappa shape index (κ2) is 6.06. The van der Waals surface area contributed by atoms with Gasteiger partial charge in [0.25, 0.3) is 0 Å². The van der Waals surface area contributed by atoms with Crippen molar-refractivity contribution in [2.24, 2.45) is 0 Å². The van der Waals surface area contributed by atoms with E-state index in [4.69, 9.17) is 0 Å². The van der Waals surface area contributed by atoms with Crippen molar-refractivity contribution < 1.29 is 4.39 Å². The van der Waals surface area contributed by atoms with E-state index >= 15 is 0 Å². The maximum Gasteiger partial charge on any atom is 0.124 e. The van der Waals surface area contributed by atoms with E-state index in [1.54, 1.807) is 16.9 Å². The highest BCUT2D eigenvalue weighted by atomic mass is 79.9. The lowest BCUT2D eigenvalue weighted by Crippen LogP contribution is -2.17. The van der Waals surface area contributed by atoms with E-state index < -0.39 is 0 Å². The fraction of sp³-hybridized carbons (Fsp3) is 0.333. The van der Waals surface area contributed by atoms with Crippen LogP contribution in [0.15, 0.2) is 28.9 Å². The summed E-state index contributed by atoms with van der Waals surface area (Å²) >= 11 is 3.34. The van der Waals surface area contributed by atoms with Crippen LogP contribution in [0.4, 0.5) is 4.39 Å². The molecule has 18 heavy (non-hydrogen) atoms. The molecule has 0 radical (unpaired) electrons. The highest BCUT2D eigenvalue weighted by Gasteiger charge is 2.09. The molecular formula is C12H14BrFN4. The molecule has 0 fully saturated rings. The van der Waals surface area contributed by atoms with Gasteiger partial charge < -0.3 is 5.32 Å². The Bertz CT molecular complexity index is 527. The molecule has 96 valence electrons. The van der Waals surface area contributed by atoms with Crippen LogP contribution in [-0.4, -0.2) is 21.5 Å². The first-order valence-corrected chi connectivity index (χ1v) is 6.57. The molecule has 6 heteroatoms. The van der Waals surface area contributed by atoms with Crippen LogP contribution in [0.3, 0.4) is 0 Å². The van der Waals surface area contributed by atoms with Gasteiger partial charge in [-0.1, -0.05) is 12.1 Å². The van der Waals surface area contributed by atoms with Crippen molar-refractivity contribution in [2.75, 3.05) is 6.54 Å². The van der Waals surface area contributed by atoms with E-state index in [1.807, 2.05) is 0 Å². The van der Waals surface area contributed by atoms with Gasteiger partial charge >= 0.3 is 0 Å². The standard InChI is InChI=1S/C12H14BrFN4/c1-2-5-15-7-10-8-16-17-18(10)12-4-3-9(14)6-11(12)13/h3-4,6,8,15H,2,5,7H2,1H3. The average Bonchev–Trinajstić information content (AvgIpc) is 2.78. The van der Waals surface area contributed by atoms with E-state index in [1.165, 1.54) is 12.1 Å². The first kappa shape index (κ1) is 13.2. The number of nitrogens with zero attached hydrogens (tertiary/aromatic N) is 3. The molecule has 1 aromatic carbocycles. The Morgan fingerprint density at radius 2 is 2.28 bits per heavy atom. The van der Waals surface area contributed by atoms with Crippen molar-refractivity contribution in [3.8, 4) is 5.69 Å². The summed E-state index contributed by atoms with van der Waals surface area (Å²) in [6.07, 6.45) is 2.78. The van der Waals surface area contributed by atoms with E-state index in [2.05, 4.69) is 38.5 Å². The molecule has 0 aliphatic heterocycles. The van der Waals surface area contributed by atoms with Crippen molar-refractivity contribution in [1.82, 2.24) is 20.3 Å². The summed E-state index contributed by atoms with van der Waals surface area (Å²) in [5.41, 5.74) is 1.72. The van der Waals surface area contributed by atoms with Gasteiger partial charge in [-0.3, -0.25) is 0 Å². The van der Waals surface area contributed by atoms with E-state index in [0.29, 0.717) is 11.0 Å². The van der Waals surface area contributed by atoms with Gasteiger partial charge in [-0.2, -0.15) is 0 Å². The van der Waals surface area contributed by atoms with Gasteiger partial charge in [-0.25, -0.2) is 9.07 Å². The summed E-state index contributed by atoms with van der Waals surface area (Å²) < 4.78 is 15.4. The fourth-order valence-electron chi connectivity index (χ4n) is 1.63. The van der Waals surface area contributed by atoms with Crippen molar-refractivity contribution in [3.05, 3.63) is 40.4 Å². The number of nitrogens with one attached hydrogen (secondary N) is 1. The number of benzene rings is 1. The van der Waals surface area contributed by atoms with Crippen molar-refractivity contribution in [3.63, 3.8) is 0 Å². The van der Waals surface area contributed by atoms with Gasteiger partial charge in [0, 0.05) is 11.0 Å². The molecule has 1 heterocycles. The number of hydrogen-bond acceptors (Lipinski definition) is 3. The molecule has 2 aromatic rings. The van der Waals surface area contributed by atoms with Gasteiger partial charge in [-0.15, -0.1) is 5.10 Å².